The Hall–Kier alpha value is -0.310. The molecule has 0 saturated carbocycles. The summed E-state index contributed by atoms with van der Waals surface area (Å²) < 4.78 is 99.8. The topological polar surface area (TPSA) is 9.23 Å². The molecule has 1 saturated heterocycles. The minimum atomic E-state index is -6.29. The largest absolute Gasteiger partial charge is 0.432 e. The van der Waals surface area contributed by atoms with E-state index in [2.05, 4.69) is 16.3 Å². The molecular weight excluding hydrogens is 263 g/mol. The maximum Gasteiger partial charge on any atom is 0.432 e. The van der Waals surface area contributed by atoms with E-state index < -0.39 is 29.4 Å². The highest BCUT2D eigenvalue weighted by molar-refractivity contribution is 6.21. The molecule has 1 rings (SSSR count). The smallest absolute Gasteiger partial charge is 0.327 e. The van der Waals surface area contributed by atoms with Gasteiger partial charge in [-0.2, -0.15) is 35.1 Å². The summed E-state index contributed by atoms with van der Waals surface area (Å²) in [5, 5.41) is 0. The lowest BCUT2D eigenvalue weighted by Crippen LogP contribution is -2.80. The lowest BCUT2D eigenvalue weighted by molar-refractivity contribution is -0.503. The first-order valence-electron chi connectivity index (χ1n) is 3.21. The van der Waals surface area contributed by atoms with Crippen LogP contribution >= 0.6 is 11.6 Å². The zero-order chi connectivity index (χ0) is 12.3. The molecule has 10 heteroatoms. The molecule has 1 aliphatic rings. The van der Waals surface area contributed by atoms with Crippen molar-refractivity contribution in [1.29, 1.82) is 0 Å². The predicted molar refractivity (Wildman–Crippen MR) is 30.5 cm³/mol. The van der Waals surface area contributed by atoms with E-state index in [1.807, 2.05) is 0 Å². The van der Waals surface area contributed by atoms with Gasteiger partial charge in [-0.3, -0.25) is 0 Å². The van der Waals surface area contributed by atoms with Gasteiger partial charge in [-0.15, -0.1) is 0 Å². The van der Waals surface area contributed by atoms with Crippen LogP contribution < -0.4 is 0 Å². The summed E-state index contributed by atoms with van der Waals surface area (Å²) in [5.74, 6) is -5.24. The van der Waals surface area contributed by atoms with Crippen LogP contribution in [0.25, 0.3) is 0 Å². The quantitative estimate of drug-likeness (QED) is 0.483. The normalized spacial score (nSPS) is 29.8. The van der Waals surface area contributed by atoms with Gasteiger partial charge in [-0.05, 0) is 0 Å². The highest BCUT2D eigenvalue weighted by atomic mass is 35.5. The lowest BCUT2D eigenvalue weighted by atomic mass is 9.88. The minimum Gasteiger partial charge on any atom is -0.327 e. The van der Waals surface area contributed by atoms with Crippen molar-refractivity contribution in [3.05, 3.63) is 0 Å². The first-order valence-corrected chi connectivity index (χ1v) is 3.65. The molecule has 1 atom stereocenters. The number of halogens is 9. The van der Waals surface area contributed by atoms with Crippen LogP contribution in [0.4, 0.5) is 35.1 Å². The van der Waals surface area contributed by atoms with Crippen LogP contribution in [-0.2, 0) is 4.74 Å². The summed E-state index contributed by atoms with van der Waals surface area (Å²) in [6, 6.07) is 0. The second kappa shape index (κ2) is 2.88. The molecule has 0 aromatic carbocycles. The Morgan fingerprint density at radius 2 is 1.27 bits per heavy atom. The predicted octanol–water partition coefficient (Wildman–Crippen LogP) is 3.08. The van der Waals surface area contributed by atoms with Gasteiger partial charge in [0.1, 0.15) is 0 Å². The third-order valence-corrected chi connectivity index (χ3v) is 2.20. The van der Waals surface area contributed by atoms with Crippen LogP contribution in [0.2, 0.25) is 0 Å². The van der Waals surface area contributed by atoms with Gasteiger partial charge >= 0.3 is 23.9 Å². The van der Waals surface area contributed by atoms with Gasteiger partial charge in [0, 0.05) is 0 Å². The van der Waals surface area contributed by atoms with E-state index in [0.717, 1.165) is 0 Å². The fourth-order valence-corrected chi connectivity index (χ4v) is 1.37. The molecular formula is C5HClF8O. The SMILES string of the molecule is FC(F)(F)C1(C(F)(F)F)OC(Cl)C1(F)F. The molecule has 0 aromatic heterocycles. The molecule has 0 aromatic rings. The number of alkyl halides is 9. The summed E-state index contributed by atoms with van der Waals surface area (Å²) in [4.78, 5) is 0. The van der Waals surface area contributed by atoms with Crippen molar-refractivity contribution in [2.24, 2.45) is 0 Å². The second-order valence-corrected chi connectivity index (χ2v) is 3.13. The van der Waals surface area contributed by atoms with Crippen LogP contribution in [0.5, 0.6) is 0 Å². The molecule has 1 nitrogen and oxygen atoms in total. The van der Waals surface area contributed by atoms with E-state index in [9.17, 15) is 35.1 Å². The summed E-state index contributed by atoms with van der Waals surface area (Å²) in [6.45, 7) is 0. The van der Waals surface area contributed by atoms with Crippen molar-refractivity contribution in [1.82, 2.24) is 0 Å². The number of rotatable bonds is 0. The molecule has 1 fully saturated rings. The zero-order valence-electron chi connectivity index (χ0n) is 6.39. The first-order chi connectivity index (χ1) is 6.38. The van der Waals surface area contributed by atoms with E-state index in [-0.39, 0.29) is 0 Å². The van der Waals surface area contributed by atoms with E-state index in [1.165, 1.54) is 0 Å². The summed E-state index contributed by atoms with van der Waals surface area (Å²) >= 11 is 4.46. The molecule has 15 heavy (non-hydrogen) atoms. The van der Waals surface area contributed by atoms with Crippen molar-refractivity contribution in [2.75, 3.05) is 0 Å². The molecule has 1 unspecified atom stereocenters. The molecule has 1 heterocycles. The molecule has 0 radical (unpaired) electrons. The van der Waals surface area contributed by atoms with Gasteiger partial charge in [0.15, 0.2) is 5.56 Å². The number of ether oxygens (including phenoxy) is 1. The van der Waals surface area contributed by atoms with Gasteiger partial charge < -0.3 is 4.74 Å². The van der Waals surface area contributed by atoms with Crippen LogP contribution in [0.15, 0.2) is 0 Å². The number of hydrogen-bond donors (Lipinski definition) is 0. The fourth-order valence-electron chi connectivity index (χ4n) is 1.08. The molecule has 0 aliphatic carbocycles. The Labute approximate surface area is 81.9 Å². The Bertz CT molecular complexity index is 253. The molecule has 90 valence electrons. The standard InChI is InChI=1S/C5HClF8O/c6-1-2(7,8)3(15-1,4(9,10)11)5(12,13)14/h1H. The highest BCUT2D eigenvalue weighted by Gasteiger charge is 2.92. The Balaban J connectivity index is 3.26. The molecule has 0 spiro atoms. The molecule has 0 N–H and O–H groups in total. The minimum absolute atomic E-state index is 2.94. The third-order valence-electron chi connectivity index (χ3n) is 1.83. The molecule has 0 bridgehead atoms. The van der Waals surface area contributed by atoms with Crippen LogP contribution in [-0.4, -0.2) is 29.4 Å². The Morgan fingerprint density at radius 1 is 0.933 bits per heavy atom. The van der Waals surface area contributed by atoms with Crippen molar-refractivity contribution >= 4 is 11.6 Å². The van der Waals surface area contributed by atoms with Gasteiger partial charge in [-0.1, -0.05) is 11.6 Å². The zero-order valence-corrected chi connectivity index (χ0v) is 7.14. The van der Waals surface area contributed by atoms with Crippen molar-refractivity contribution in [2.45, 2.75) is 29.4 Å². The Morgan fingerprint density at radius 3 is 1.33 bits per heavy atom. The van der Waals surface area contributed by atoms with Crippen molar-refractivity contribution in [3.63, 3.8) is 0 Å². The summed E-state index contributed by atoms with van der Waals surface area (Å²) in [7, 11) is 0. The maximum absolute atomic E-state index is 12.5. The molecule has 1 aliphatic heterocycles. The van der Waals surface area contributed by atoms with Crippen molar-refractivity contribution < 1.29 is 39.9 Å². The molecule has 0 amide bonds. The summed E-state index contributed by atoms with van der Waals surface area (Å²) in [5.41, 5.74) is -8.44. The number of hydrogen-bond acceptors (Lipinski definition) is 1. The average molecular weight is 264 g/mol. The first kappa shape index (κ1) is 12.8. The van der Waals surface area contributed by atoms with E-state index in [4.69, 9.17) is 0 Å². The highest BCUT2D eigenvalue weighted by Crippen LogP contribution is 2.63. The monoisotopic (exact) mass is 264 g/mol. The van der Waals surface area contributed by atoms with E-state index in [1.54, 1.807) is 0 Å². The van der Waals surface area contributed by atoms with Gasteiger partial charge in [-0.25, -0.2) is 0 Å². The van der Waals surface area contributed by atoms with Crippen LogP contribution in [0.1, 0.15) is 0 Å². The van der Waals surface area contributed by atoms with Gasteiger partial charge in [0.25, 0.3) is 0 Å². The van der Waals surface area contributed by atoms with Crippen LogP contribution in [0, 0.1) is 0 Å². The lowest BCUT2D eigenvalue weighted by Gasteiger charge is -2.51. The average Bonchev–Trinajstić information content (AvgIpc) is 1.94. The van der Waals surface area contributed by atoms with Gasteiger partial charge in [0.05, 0.1) is 0 Å². The van der Waals surface area contributed by atoms with Gasteiger partial charge in [0.2, 0.25) is 0 Å². The van der Waals surface area contributed by atoms with E-state index in [0.29, 0.717) is 0 Å². The Kier molecular flexibility index (Phi) is 2.45. The fraction of sp³-hybridized carbons (Fsp3) is 1.00. The van der Waals surface area contributed by atoms with Crippen LogP contribution in [0.3, 0.4) is 0 Å². The third kappa shape index (κ3) is 1.32. The maximum atomic E-state index is 12.5. The summed E-state index contributed by atoms with van der Waals surface area (Å²) in [6.07, 6.45) is -12.6. The van der Waals surface area contributed by atoms with E-state index >= 15 is 0 Å². The second-order valence-electron chi connectivity index (χ2n) is 2.73. The van der Waals surface area contributed by atoms with Crippen molar-refractivity contribution in [3.8, 4) is 0 Å².